The molecule has 0 radical (unpaired) electrons. The van der Waals surface area contributed by atoms with Gasteiger partial charge in [-0.2, -0.15) is 0 Å². The highest BCUT2D eigenvalue weighted by Crippen LogP contribution is 2.31. The van der Waals surface area contributed by atoms with Crippen molar-refractivity contribution < 1.29 is 4.92 Å². The fraction of sp³-hybridized carbons (Fsp3) is 0.286. The normalized spacial score (nSPS) is 9.92. The van der Waals surface area contributed by atoms with Crippen LogP contribution in [0.3, 0.4) is 0 Å². The van der Waals surface area contributed by atoms with Gasteiger partial charge in [0.2, 0.25) is 0 Å². The van der Waals surface area contributed by atoms with Crippen LogP contribution in [0.1, 0.15) is 6.92 Å². The van der Waals surface area contributed by atoms with E-state index in [1.807, 2.05) is 6.92 Å². The summed E-state index contributed by atoms with van der Waals surface area (Å²) in [4.78, 5) is 14.0. The quantitative estimate of drug-likeness (QED) is 0.455. The van der Waals surface area contributed by atoms with Crippen LogP contribution in [0.15, 0.2) is 17.3 Å². The zero-order valence-electron chi connectivity index (χ0n) is 7.06. The number of nitrogens with two attached hydrogens (primary N) is 1. The smallest absolute Gasteiger partial charge is 0.324 e. The number of nitrogen functional groups attached to an aromatic ring is 1. The molecule has 70 valence electrons. The summed E-state index contributed by atoms with van der Waals surface area (Å²) in [6.45, 7) is 1.90. The van der Waals surface area contributed by atoms with E-state index in [2.05, 4.69) is 4.98 Å². The number of anilines is 1. The molecule has 0 amide bonds. The Kier molecular flexibility index (Phi) is 3.07. The predicted molar refractivity (Wildman–Crippen MR) is 51.7 cm³/mol. The summed E-state index contributed by atoms with van der Waals surface area (Å²) in [5.74, 6) is 0.733. The second-order valence-corrected chi connectivity index (χ2v) is 3.50. The minimum atomic E-state index is -0.500. The van der Waals surface area contributed by atoms with E-state index in [4.69, 9.17) is 5.73 Å². The molecule has 0 unspecified atom stereocenters. The maximum Gasteiger partial charge on any atom is 0.324 e. The van der Waals surface area contributed by atoms with Gasteiger partial charge in [-0.15, -0.1) is 0 Å². The van der Waals surface area contributed by atoms with E-state index in [9.17, 15) is 10.1 Å². The topological polar surface area (TPSA) is 82.0 Å². The second-order valence-electron chi connectivity index (χ2n) is 2.24. The van der Waals surface area contributed by atoms with Crippen molar-refractivity contribution in [2.45, 2.75) is 11.9 Å². The number of pyridine rings is 1. The lowest BCUT2D eigenvalue weighted by atomic mass is 10.4. The molecular formula is C7H9N3O2S. The van der Waals surface area contributed by atoms with Gasteiger partial charge >= 0.3 is 5.69 Å². The van der Waals surface area contributed by atoms with Crippen molar-refractivity contribution in [3.63, 3.8) is 0 Å². The van der Waals surface area contributed by atoms with Crippen molar-refractivity contribution in [3.8, 4) is 0 Å². The molecule has 0 atom stereocenters. The number of aromatic nitrogens is 1. The van der Waals surface area contributed by atoms with Gasteiger partial charge < -0.3 is 5.73 Å². The molecule has 0 fully saturated rings. The molecule has 0 spiro atoms. The molecule has 1 aromatic heterocycles. The Morgan fingerprint density at radius 3 is 3.00 bits per heavy atom. The Hall–Kier alpha value is -1.30. The standard InChI is InChI=1S/C7H9N3O2S/c1-2-13-7-6(10(11)12)5(8)3-4-9-7/h3-4H,2H2,1H3,(H2,8,9). The maximum absolute atomic E-state index is 10.6. The highest BCUT2D eigenvalue weighted by atomic mass is 32.2. The fourth-order valence-corrected chi connectivity index (χ4v) is 1.61. The van der Waals surface area contributed by atoms with Crippen LogP contribution in [0, 0.1) is 10.1 Å². The van der Waals surface area contributed by atoms with E-state index >= 15 is 0 Å². The van der Waals surface area contributed by atoms with Gasteiger partial charge in [0.05, 0.1) is 4.92 Å². The predicted octanol–water partition coefficient (Wildman–Crippen LogP) is 1.68. The molecule has 2 N–H and O–H groups in total. The first-order valence-corrected chi connectivity index (χ1v) is 4.67. The summed E-state index contributed by atoms with van der Waals surface area (Å²) in [5, 5.41) is 11.0. The number of rotatable bonds is 3. The van der Waals surface area contributed by atoms with Gasteiger partial charge in [-0.1, -0.05) is 18.7 Å². The number of hydrogen-bond donors (Lipinski definition) is 1. The molecule has 6 heteroatoms. The molecule has 1 aromatic rings. The average molecular weight is 199 g/mol. The van der Waals surface area contributed by atoms with Gasteiger partial charge in [0.25, 0.3) is 0 Å². The Morgan fingerprint density at radius 2 is 2.46 bits per heavy atom. The Labute approximate surface area is 79.5 Å². The molecule has 0 aromatic carbocycles. The van der Waals surface area contributed by atoms with Gasteiger partial charge in [-0.3, -0.25) is 10.1 Å². The lowest BCUT2D eigenvalue weighted by Gasteiger charge is -2.01. The van der Waals surface area contributed by atoms with E-state index in [0.29, 0.717) is 5.03 Å². The van der Waals surface area contributed by atoms with Crippen molar-refractivity contribution >= 4 is 23.1 Å². The lowest BCUT2D eigenvalue weighted by Crippen LogP contribution is -1.99. The van der Waals surface area contributed by atoms with Crippen molar-refractivity contribution in [1.82, 2.24) is 4.98 Å². The Morgan fingerprint density at radius 1 is 1.77 bits per heavy atom. The summed E-state index contributed by atoms with van der Waals surface area (Å²) >= 11 is 1.31. The Bertz CT molecular complexity index is 330. The van der Waals surface area contributed by atoms with Gasteiger partial charge in [0.1, 0.15) is 5.69 Å². The fourth-order valence-electron chi connectivity index (χ4n) is 0.875. The zero-order chi connectivity index (χ0) is 9.84. The molecule has 0 saturated heterocycles. The molecule has 0 bridgehead atoms. The molecule has 0 aliphatic carbocycles. The summed E-state index contributed by atoms with van der Waals surface area (Å²) in [7, 11) is 0. The highest BCUT2D eigenvalue weighted by molar-refractivity contribution is 7.99. The Balaban J connectivity index is 3.17. The highest BCUT2D eigenvalue weighted by Gasteiger charge is 2.18. The molecule has 1 rings (SSSR count). The van der Waals surface area contributed by atoms with Crippen LogP contribution >= 0.6 is 11.8 Å². The third-order valence-corrected chi connectivity index (χ3v) is 2.25. The van der Waals surface area contributed by atoms with Gasteiger partial charge in [-0.25, -0.2) is 4.98 Å². The molecule has 1 heterocycles. The van der Waals surface area contributed by atoms with Crippen molar-refractivity contribution in [2.24, 2.45) is 0 Å². The molecule has 0 aliphatic rings. The van der Waals surface area contributed by atoms with Gasteiger partial charge in [0, 0.05) is 6.20 Å². The van der Waals surface area contributed by atoms with E-state index < -0.39 is 4.92 Å². The number of nitrogens with zero attached hydrogens (tertiary/aromatic N) is 2. The minimum absolute atomic E-state index is 0.0886. The third-order valence-electron chi connectivity index (χ3n) is 1.39. The molecule has 0 saturated carbocycles. The summed E-state index contributed by atoms with van der Waals surface area (Å²) in [6.07, 6.45) is 1.47. The van der Waals surface area contributed by atoms with E-state index in [1.165, 1.54) is 24.0 Å². The van der Waals surface area contributed by atoms with Crippen molar-refractivity contribution in [2.75, 3.05) is 11.5 Å². The monoisotopic (exact) mass is 199 g/mol. The minimum Gasteiger partial charge on any atom is -0.393 e. The molecule has 0 aliphatic heterocycles. The zero-order valence-corrected chi connectivity index (χ0v) is 7.87. The number of thioether (sulfide) groups is 1. The van der Waals surface area contributed by atoms with E-state index in [1.54, 1.807) is 0 Å². The van der Waals surface area contributed by atoms with Crippen LogP contribution < -0.4 is 5.73 Å². The average Bonchev–Trinajstić information content (AvgIpc) is 2.04. The lowest BCUT2D eigenvalue weighted by molar-refractivity contribution is -0.387. The molecular weight excluding hydrogens is 190 g/mol. The van der Waals surface area contributed by atoms with E-state index in [-0.39, 0.29) is 11.4 Å². The molecule has 5 nitrogen and oxygen atoms in total. The van der Waals surface area contributed by atoms with Crippen molar-refractivity contribution in [1.29, 1.82) is 0 Å². The van der Waals surface area contributed by atoms with Crippen LogP contribution in [-0.4, -0.2) is 15.7 Å². The SMILES string of the molecule is CCSc1nccc(N)c1[N+](=O)[O-]. The maximum atomic E-state index is 10.6. The van der Waals surface area contributed by atoms with Gasteiger partial charge in [0.15, 0.2) is 5.03 Å². The van der Waals surface area contributed by atoms with Crippen molar-refractivity contribution in [3.05, 3.63) is 22.4 Å². The summed E-state index contributed by atoms with van der Waals surface area (Å²) < 4.78 is 0. The first-order valence-electron chi connectivity index (χ1n) is 3.68. The summed E-state index contributed by atoms with van der Waals surface area (Å²) in [6, 6.07) is 1.43. The number of hydrogen-bond acceptors (Lipinski definition) is 5. The third kappa shape index (κ3) is 2.09. The first-order chi connectivity index (χ1) is 6.16. The number of nitro groups is 1. The summed E-state index contributed by atoms with van der Waals surface area (Å²) in [5.41, 5.74) is 5.53. The van der Waals surface area contributed by atoms with Crippen LogP contribution in [0.25, 0.3) is 0 Å². The van der Waals surface area contributed by atoms with Gasteiger partial charge in [-0.05, 0) is 11.8 Å². The van der Waals surface area contributed by atoms with E-state index in [0.717, 1.165) is 5.75 Å². The van der Waals surface area contributed by atoms with Crippen LogP contribution in [0.2, 0.25) is 0 Å². The largest absolute Gasteiger partial charge is 0.393 e. The molecule has 13 heavy (non-hydrogen) atoms. The van der Waals surface area contributed by atoms with Crippen LogP contribution in [-0.2, 0) is 0 Å². The first kappa shape index (κ1) is 9.79. The van der Waals surface area contributed by atoms with Crippen LogP contribution in [0.4, 0.5) is 11.4 Å². The van der Waals surface area contributed by atoms with Crippen LogP contribution in [0.5, 0.6) is 0 Å². The second kappa shape index (κ2) is 4.08.